The summed E-state index contributed by atoms with van der Waals surface area (Å²) in [6, 6.07) is 10.4. The van der Waals surface area contributed by atoms with Crippen molar-refractivity contribution in [3.8, 4) is 17.4 Å². The first kappa shape index (κ1) is 16.5. The molecule has 0 aliphatic carbocycles. The number of rotatable bonds is 5. The first-order valence-electron chi connectivity index (χ1n) is 8.03. The Morgan fingerprint density at radius 3 is 2.89 bits per heavy atom. The summed E-state index contributed by atoms with van der Waals surface area (Å²) < 4.78 is 12.1. The average Bonchev–Trinajstić information content (AvgIpc) is 3.41. The maximum Gasteiger partial charge on any atom is 0.413 e. The molecule has 4 heterocycles. The Labute approximate surface area is 153 Å². The fourth-order valence-corrected chi connectivity index (χ4v) is 2.31. The van der Waals surface area contributed by atoms with Crippen LogP contribution in [0.25, 0.3) is 17.4 Å². The van der Waals surface area contributed by atoms with E-state index < -0.39 is 6.09 Å². The minimum absolute atomic E-state index is 0.0990. The molecule has 0 aromatic carbocycles. The summed E-state index contributed by atoms with van der Waals surface area (Å²) >= 11 is 0. The molecule has 9 nitrogen and oxygen atoms in total. The summed E-state index contributed by atoms with van der Waals surface area (Å²) in [7, 11) is 0. The molecule has 0 radical (unpaired) electrons. The van der Waals surface area contributed by atoms with Gasteiger partial charge in [-0.3, -0.25) is 10.3 Å². The van der Waals surface area contributed by atoms with Crippen LogP contribution >= 0.6 is 0 Å². The highest BCUT2D eigenvalue weighted by Crippen LogP contribution is 2.20. The van der Waals surface area contributed by atoms with E-state index in [0.29, 0.717) is 17.4 Å². The first-order valence-corrected chi connectivity index (χ1v) is 8.03. The molecule has 1 amide bonds. The van der Waals surface area contributed by atoms with E-state index in [-0.39, 0.29) is 12.4 Å². The highest BCUT2D eigenvalue weighted by atomic mass is 16.5. The van der Waals surface area contributed by atoms with Gasteiger partial charge in [-0.15, -0.1) is 0 Å². The highest BCUT2D eigenvalue weighted by Gasteiger charge is 2.13. The molecule has 1 N–H and O–H groups in total. The van der Waals surface area contributed by atoms with Crippen molar-refractivity contribution in [3.05, 3.63) is 73.0 Å². The lowest BCUT2D eigenvalue weighted by atomic mass is 10.3. The van der Waals surface area contributed by atoms with Gasteiger partial charge in [0.2, 0.25) is 0 Å². The normalized spacial score (nSPS) is 10.5. The molecule has 0 aliphatic rings. The van der Waals surface area contributed by atoms with Crippen LogP contribution in [0.5, 0.6) is 0 Å². The number of ether oxygens (including phenoxy) is 1. The fourth-order valence-electron chi connectivity index (χ4n) is 2.31. The van der Waals surface area contributed by atoms with Crippen molar-refractivity contribution in [2.45, 2.75) is 6.61 Å². The zero-order valence-electron chi connectivity index (χ0n) is 14.0. The predicted molar refractivity (Wildman–Crippen MR) is 94.9 cm³/mol. The molecule has 0 unspecified atom stereocenters. The highest BCUT2D eigenvalue weighted by molar-refractivity contribution is 5.83. The predicted octanol–water partition coefficient (Wildman–Crippen LogP) is 3.07. The number of hydrogen-bond acceptors (Lipinski definition) is 7. The van der Waals surface area contributed by atoms with Gasteiger partial charge in [0, 0.05) is 36.4 Å². The lowest BCUT2D eigenvalue weighted by Gasteiger charge is -2.09. The summed E-state index contributed by atoms with van der Waals surface area (Å²) in [6.45, 7) is 0.0990. The number of pyridine rings is 1. The van der Waals surface area contributed by atoms with E-state index in [1.165, 1.54) is 6.26 Å². The van der Waals surface area contributed by atoms with E-state index in [0.717, 1.165) is 5.56 Å². The van der Waals surface area contributed by atoms with Crippen LogP contribution in [0.15, 0.2) is 71.9 Å². The summed E-state index contributed by atoms with van der Waals surface area (Å²) in [5, 5.41) is 6.75. The Morgan fingerprint density at radius 2 is 2.15 bits per heavy atom. The zero-order chi connectivity index (χ0) is 18.5. The summed E-state index contributed by atoms with van der Waals surface area (Å²) in [5.41, 5.74) is 0.781. The van der Waals surface area contributed by atoms with Crippen molar-refractivity contribution < 1.29 is 13.9 Å². The summed E-state index contributed by atoms with van der Waals surface area (Å²) in [6.07, 6.45) is 7.52. The third-order valence-corrected chi connectivity index (χ3v) is 3.52. The van der Waals surface area contributed by atoms with Gasteiger partial charge in [0.15, 0.2) is 17.4 Å². The van der Waals surface area contributed by atoms with Crippen molar-refractivity contribution in [2.24, 2.45) is 0 Å². The number of carbonyl (C=O) groups excluding carboxylic acids is 1. The number of anilines is 1. The quantitative estimate of drug-likeness (QED) is 0.581. The molecule has 0 saturated carbocycles. The number of nitrogens with zero attached hydrogens (tertiary/aromatic N) is 5. The molecule has 134 valence electrons. The van der Waals surface area contributed by atoms with Crippen molar-refractivity contribution in [2.75, 3.05) is 5.32 Å². The average molecular weight is 362 g/mol. The van der Waals surface area contributed by atoms with Crippen LogP contribution in [-0.2, 0) is 11.3 Å². The van der Waals surface area contributed by atoms with Gasteiger partial charge in [0.1, 0.15) is 12.4 Å². The molecule has 0 atom stereocenters. The second-order valence-corrected chi connectivity index (χ2v) is 5.43. The molecule has 0 aliphatic heterocycles. The van der Waals surface area contributed by atoms with Gasteiger partial charge >= 0.3 is 6.09 Å². The van der Waals surface area contributed by atoms with Crippen LogP contribution in [0.1, 0.15) is 5.56 Å². The maximum absolute atomic E-state index is 12.1. The molecular formula is C18H14N6O3. The minimum atomic E-state index is -0.644. The Balaban J connectivity index is 1.55. The summed E-state index contributed by atoms with van der Waals surface area (Å²) in [5.74, 6) is 1.52. The number of amides is 1. The number of furan rings is 1. The van der Waals surface area contributed by atoms with Gasteiger partial charge in [-0.05, 0) is 24.3 Å². The van der Waals surface area contributed by atoms with E-state index in [4.69, 9.17) is 9.15 Å². The molecule has 0 fully saturated rings. The van der Waals surface area contributed by atoms with Crippen LogP contribution in [0.4, 0.5) is 10.6 Å². The molecule has 4 aromatic heterocycles. The Kier molecular flexibility index (Phi) is 4.56. The number of nitrogens with one attached hydrogen (secondary N) is 1. The lowest BCUT2D eigenvalue weighted by molar-refractivity contribution is 0.155. The fraction of sp³-hybridized carbons (Fsp3) is 0.0556. The van der Waals surface area contributed by atoms with Gasteiger partial charge in [0.25, 0.3) is 0 Å². The van der Waals surface area contributed by atoms with Gasteiger partial charge in [-0.2, -0.15) is 5.10 Å². The van der Waals surface area contributed by atoms with Crippen molar-refractivity contribution >= 4 is 11.9 Å². The van der Waals surface area contributed by atoms with Crippen molar-refractivity contribution in [1.82, 2.24) is 24.7 Å². The second kappa shape index (κ2) is 7.48. The molecule has 4 rings (SSSR count). The summed E-state index contributed by atoms with van der Waals surface area (Å²) in [4.78, 5) is 24.8. The largest absolute Gasteiger partial charge is 0.461 e. The topological polar surface area (TPSA) is 108 Å². The Morgan fingerprint density at radius 1 is 1.19 bits per heavy atom. The van der Waals surface area contributed by atoms with Crippen LogP contribution < -0.4 is 5.32 Å². The number of aromatic nitrogens is 5. The van der Waals surface area contributed by atoms with E-state index in [2.05, 4.69) is 25.4 Å². The molecule has 4 aromatic rings. The molecule has 9 heteroatoms. The standard InChI is InChI=1S/C18H14N6O3/c25-18(27-12-13-4-1-6-19-11-13)22-15-10-16(24-8-3-7-20-24)23-17(21-15)14-5-2-9-26-14/h1-11H,12H2,(H,21,22,23,25). The van der Waals surface area contributed by atoms with E-state index in [1.807, 2.05) is 6.07 Å². The monoisotopic (exact) mass is 362 g/mol. The van der Waals surface area contributed by atoms with Crippen LogP contribution in [-0.4, -0.2) is 30.8 Å². The third kappa shape index (κ3) is 3.98. The number of carbonyl (C=O) groups is 1. The van der Waals surface area contributed by atoms with Gasteiger partial charge < -0.3 is 9.15 Å². The Hall–Kier alpha value is -4.01. The SMILES string of the molecule is O=C(Nc1cc(-n2cccn2)nc(-c2ccco2)n1)OCc1cccnc1. The third-order valence-electron chi connectivity index (χ3n) is 3.52. The molecule has 27 heavy (non-hydrogen) atoms. The second-order valence-electron chi connectivity index (χ2n) is 5.43. The van der Waals surface area contributed by atoms with E-state index >= 15 is 0 Å². The molecule has 0 saturated heterocycles. The number of hydrogen-bond donors (Lipinski definition) is 1. The van der Waals surface area contributed by atoms with Crippen LogP contribution in [0.2, 0.25) is 0 Å². The maximum atomic E-state index is 12.1. The van der Waals surface area contributed by atoms with Crippen LogP contribution in [0.3, 0.4) is 0 Å². The minimum Gasteiger partial charge on any atom is -0.461 e. The van der Waals surface area contributed by atoms with Gasteiger partial charge in [0.05, 0.1) is 6.26 Å². The Bertz CT molecular complexity index is 964. The van der Waals surface area contributed by atoms with E-state index in [9.17, 15) is 4.79 Å². The lowest BCUT2D eigenvalue weighted by Crippen LogP contribution is -2.15. The smallest absolute Gasteiger partial charge is 0.413 e. The molecule has 0 spiro atoms. The molecule has 0 bridgehead atoms. The van der Waals surface area contributed by atoms with E-state index in [1.54, 1.807) is 59.8 Å². The van der Waals surface area contributed by atoms with Crippen molar-refractivity contribution in [3.63, 3.8) is 0 Å². The van der Waals surface area contributed by atoms with Gasteiger partial charge in [-0.25, -0.2) is 19.4 Å². The van der Waals surface area contributed by atoms with Crippen molar-refractivity contribution in [1.29, 1.82) is 0 Å². The van der Waals surface area contributed by atoms with Gasteiger partial charge in [-0.1, -0.05) is 6.07 Å². The van der Waals surface area contributed by atoms with Crippen LogP contribution in [0, 0.1) is 0 Å². The first-order chi connectivity index (χ1) is 13.3. The molecular weight excluding hydrogens is 348 g/mol. The zero-order valence-corrected chi connectivity index (χ0v) is 14.0.